The van der Waals surface area contributed by atoms with Crippen LogP contribution in [0.1, 0.15) is 0 Å². The molecule has 0 aliphatic carbocycles. The van der Waals surface area contributed by atoms with Crippen LogP contribution in [0.2, 0.25) is 38.5 Å². The Hall–Kier alpha value is -0.131. The van der Waals surface area contributed by atoms with Gasteiger partial charge in [0, 0.05) is 0 Å². The molecule has 10 aliphatic heterocycles. The summed E-state index contributed by atoms with van der Waals surface area (Å²) in [6.07, 6.45) is 0. The molecule has 126 valence electrons. The molecule has 0 aromatic heterocycles. The van der Waals surface area contributed by atoms with Crippen LogP contribution in [0, 0.1) is 0 Å². The van der Waals surface area contributed by atoms with Crippen molar-refractivity contribution >= 4 is 34.5 Å². The number of alkyl halides is 1. The van der Waals surface area contributed by atoms with Crippen LogP contribution in [-0.4, -0.2) is 7.28 Å². The van der Waals surface area contributed by atoms with Gasteiger partial charge in [-0.3, -0.25) is 0 Å². The Morgan fingerprint density at radius 2 is 1.16 bits per heavy atom. The van der Waals surface area contributed by atoms with Crippen LogP contribution in [-0.2, 0) is 6.51 Å². The second kappa shape index (κ2) is 1.25. The number of hydrogen-bond acceptors (Lipinski definition) is 0. The van der Waals surface area contributed by atoms with Gasteiger partial charge in [-0.15, -0.1) is 0 Å². The molecule has 5 atom stereocenters. The monoisotopic (exact) mass is 448 g/mol. The van der Waals surface area contributed by atoms with Gasteiger partial charge in [-0.1, -0.05) is 0 Å². The standard InChI is InChI=1S/C17H13BrP.C5H5.Fe/c18-16-12-7-13-17(16)19(14-8-3-1-4-9-14)15-10-5-2-6-11-15;1-2-4-5-3-1;/h1-13H;1-5H;. The van der Waals surface area contributed by atoms with Gasteiger partial charge in [0.15, 0.2) is 0 Å². The molecule has 0 bridgehead atoms. The van der Waals surface area contributed by atoms with Gasteiger partial charge < -0.3 is 0 Å². The van der Waals surface area contributed by atoms with Crippen molar-refractivity contribution in [1.29, 1.82) is 0 Å². The molecule has 2 aromatic carbocycles. The number of halogens is 1. The molecule has 12 rings (SSSR count). The van der Waals surface area contributed by atoms with Crippen molar-refractivity contribution in [1.82, 2.24) is 0 Å². The fourth-order valence-electron chi connectivity index (χ4n) is 18.4. The van der Waals surface area contributed by atoms with E-state index >= 15 is 0 Å². The van der Waals surface area contributed by atoms with Crippen LogP contribution in [0.25, 0.3) is 0 Å². The first kappa shape index (κ1) is 11.0. The van der Waals surface area contributed by atoms with Gasteiger partial charge in [0.05, 0.1) is 0 Å². The number of hydrogen-bond donors (Lipinski definition) is 0. The zero-order valence-electron chi connectivity index (χ0n) is 13.6. The summed E-state index contributed by atoms with van der Waals surface area (Å²) in [7, 11) is -0.164. The van der Waals surface area contributed by atoms with E-state index in [4.69, 9.17) is 15.9 Å². The summed E-state index contributed by atoms with van der Waals surface area (Å²) < 4.78 is 1.60. The van der Waals surface area contributed by atoms with Gasteiger partial charge >= 0.3 is 147 Å². The summed E-state index contributed by atoms with van der Waals surface area (Å²) >= 11 is 4.70. The van der Waals surface area contributed by atoms with E-state index in [0.29, 0.717) is 0 Å². The minimum absolute atomic E-state index is 0.164. The van der Waals surface area contributed by atoms with Crippen LogP contribution in [0.4, 0.5) is 0 Å². The predicted molar refractivity (Wildman–Crippen MR) is 103 cm³/mol. The van der Waals surface area contributed by atoms with E-state index in [9.17, 15) is 0 Å². The molecule has 2 aromatic rings. The summed E-state index contributed by atoms with van der Waals surface area (Å²) in [6, 6.07) is 23.6. The molecular formula is C22H18BrFeP. The van der Waals surface area contributed by atoms with Crippen LogP contribution in [0.15, 0.2) is 60.7 Å². The topological polar surface area (TPSA) is 0 Å². The van der Waals surface area contributed by atoms with Gasteiger partial charge in [-0.2, -0.15) is 0 Å². The first-order valence-electron chi connectivity index (χ1n) is 9.83. The molecule has 0 radical (unpaired) electrons. The average Bonchev–Trinajstić information content (AvgIpc) is 3.60. The Kier molecular flexibility index (Phi) is 0.551. The van der Waals surface area contributed by atoms with Crippen LogP contribution in [0.5, 0.6) is 0 Å². The average molecular weight is 449 g/mol. The summed E-state index contributed by atoms with van der Waals surface area (Å²) in [6.45, 7) is -3.30. The number of fused-ring (bicyclic) bond motifs is 10. The molecule has 10 heterocycles. The van der Waals surface area contributed by atoms with Gasteiger partial charge in [0.25, 0.3) is 0 Å². The van der Waals surface area contributed by atoms with Gasteiger partial charge in [-0.25, -0.2) is 0 Å². The second-order valence-electron chi connectivity index (χ2n) is 12.6. The maximum absolute atomic E-state index is 4.70. The van der Waals surface area contributed by atoms with E-state index in [1.165, 1.54) is 38.5 Å². The molecule has 25 heavy (non-hydrogen) atoms. The SMILES string of the molecule is Br[C]12[CH]3[CH]4[CH]5[C]1(P(c1ccccc1)c1ccccc1)[Fe]43521678[CH]2[CH]1[CH]6[CH]7[CH]28. The molecule has 0 N–H and O–H groups in total. The van der Waals surface area contributed by atoms with Crippen molar-refractivity contribution < 1.29 is 6.51 Å². The van der Waals surface area contributed by atoms with Crippen LogP contribution < -0.4 is 10.6 Å². The molecule has 0 amide bonds. The molecule has 0 nitrogen and oxygen atoms in total. The van der Waals surface area contributed by atoms with Crippen LogP contribution in [0.3, 0.4) is 0 Å². The van der Waals surface area contributed by atoms with E-state index < -0.39 is 6.51 Å². The van der Waals surface area contributed by atoms with E-state index in [0.717, 1.165) is 7.28 Å². The molecule has 3 heteroatoms. The molecule has 5 unspecified atom stereocenters. The molecule has 10 aliphatic rings. The Balaban J connectivity index is 1.33. The first-order valence-corrected chi connectivity index (χ1v) is 18.2. The third-order valence-electron chi connectivity index (χ3n) is 17.0. The summed E-state index contributed by atoms with van der Waals surface area (Å²) in [5.41, 5.74) is 0. The maximum atomic E-state index is 4.70. The number of rotatable bonds is 3. The van der Waals surface area contributed by atoms with Gasteiger partial charge in [-0.05, 0) is 0 Å². The van der Waals surface area contributed by atoms with Gasteiger partial charge in [0.1, 0.15) is 0 Å². The quantitative estimate of drug-likeness (QED) is 0.320. The Bertz CT molecular complexity index is 1440. The molecular weight excluding hydrogens is 431 g/mol. The number of benzene rings is 2. The van der Waals surface area contributed by atoms with Crippen LogP contribution >= 0.6 is 23.9 Å². The van der Waals surface area contributed by atoms with Crippen molar-refractivity contribution in [3.8, 4) is 0 Å². The summed E-state index contributed by atoms with van der Waals surface area (Å²) in [4.78, 5) is 10.8. The van der Waals surface area contributed by atoms with E-state index in [2.05, 4.69) is 60.7 Å². The normalized spacial score (nSPS) is 87.8. The van der Waals surface area contributed by atoms with Crippen molar-refractivity contribution in [2.45, 2.75) is 45.8 Å². The van der Waals surface area contributed by atoms with E-state index in [1.807, 2.05) is 0 Å². The van der Waals surface area contributed by atoms with E-state index in [-0.39, 0.29) is 7.92 Å². The minimum atomic E-state index is -3.30. The van der Waals surface area contributed by atoms with E-state index in [1.54, 1.807) is 10.6 Å². The Morgan fingerprint density at radius 3 is 1.44 bits per heavy atom. The zero-order chi connectivity index (χ0) is 15.7. The molecule has 10 saturated heterocycles. The predicted octanol–water partition coefficient (Wildman–Crippen LogP) is 5.72. The second-order valence-corrected chi connectivity index (χ2v) is 40.6. The van der Waals surface area contributed by atoms with Crippen molar-refractivity contribution in [2.24, 2.45) is 0 Å². The summed E-state index contributed by atoms with van der Waals surface area (Å²) in [5.74, 6) is 0. The third kappa shape index (κ3) is 0.173. The van der Waals surface area contributed by atoms with Crippen molar-refractivity contribution in [2.75, 3.05) is 0 Å². The third-order valence-corrected chi connectivity index (χ3v) is 74.1. The fourth-order valence-corrected chi connectivity index (χ4v) is 120. The fraction of sp³-hybridized carbons (Fsp3) is 0.455. The first-order chi connectivity index (χ1) is 12.0. The molecule has 10 fully saturated rings. The van der Waals surface area contributed by atoms with Gasteiger partial charge in [0.2, 0.25) is 0 Å². The Labute approximate surface area is 146 Å². The Morgan fingerprint density at radius 1 is 0.680 bits per heavy atom. The zero-order valence-corrected chi connectivity index (χ0v) is 17.2. The molecule has 1 spiro atoms. The van der Waals surface area contributed by atoms with Crippen molar-refractivity contribution in [3.63, 3.8) is 0 Å². The summed E-state index contributed by atoms with van der Waals surface area (Å²) in [5, 5.41) is 3.41. The van der Waals surface area contributed by atoms with Crippen molar-refractivity contribution in [3.05, 3.63) is 60.7 Å². The molecule has 0 saturated carbocycles.